The lowest BCUT2D eigenvalue weighted by Crippen LogP contribution is -2.33. The van der Waals surface area contributed by atoms with Gasteiger partial charge in [0.05, 0.1) is 12.1 Å². The average Bonchev–Trinajstić information content (AvgIpc) is 2.60. The van der Waals surface area contributed by atoms with E-state index < -0.39 is 11.7 Å². The Bertz CT molecular complexity index is 675. The Labute approximate surface area is 160 Å². The van der Waals surface area contributed by atoms with E-state index in [9.17, 15) is 13.2 Å². The number of alkyl halides is 3. The molecule has 0 bridgehead atoms. The molecule has 0 fully saturated rings. The molecule has 0 amide bonds. The van der Waals surface area contributed by atoms with Crippen LogP contribution >= 0.6 is 17.0 Å². The number of rotatable bonds is 7. The molecule has 0 saturated carbocycles. The van der Waals surface area contributed by atoms with Crippen molar-refractivity contribution in [3.8, 4) is 0 Å². The first kappa shape index (κ1) is 21.8. The van der Waals surface area contributed by atoms with Crippen LogP contribution in [0.2, 0.25) is 0 Å². The molecule has 26 heavy (non-hydrogen) atoms. The van der Waals surface area contributed by atoms with Crippen molar-refractivity contribution in [1.82, 2.24) is 10.3 Å². The fourth-order valence-corrected chi connectivity index (χ4v) is 2.00. The van der Waals surface area contributed by atoms with Gasteiger partial charge in [-0.05, 0) is 24.1 Å². The van der Waals surface area contributed by atoms with Gasteiger partial charge in [0.15, 0.2) is 5.96 Å². The Kier molecular flexibility index (Phi) is 8.91. The Hall–Kier alpha value is -2.29. The largest absolute Gasteiger partial charge is 0.417 e. The summed E-state index contributed by atoms with van der Waals surface area (Å²) in [6, 6.07) is 12.1. The van der Waals surface area contributed by atoms with E-state index in [4.69, 9.17) is 5.73 Å². The lowest BCUT2D eigenvalue weighted by molar-refractivity contribution is -0.137. The summed E-state index contributed by atoms with van der Waals surface area (Å²) < 4.78 is 37.3. The van der Waals surface area contributed by atoms with Crippen molar-refractivity contribution in [2.24, 2.45) is 10.7 Å². The molecule has 2 rings (SSSR count). The van der Waals surface area contributed by atoms with Crippen molar-refractivity contribution in [2.45, 2.75) is 19.1 Å². The average molecular weight is 432 g/mol. The fourth-order valence-electron chi connectivity index (χ4n) is 2.00. The molecule has 1 aromatic heterocycles. The molecule has 0 aliphatic heterocycles. The van der Waals surface area contributed by atoms with Gasteiger partial charge in [-0.1, -0.05) is 30.3 Å². The number of aliphatic imine (C=N–C) groups is 1. The summed E-state index contributed by atoms with van der Waals surface area (Å²) in [6.45, 7) is 1.66. The second-order valence-corrected chi connectivity index (χ2v) is 5.32. The van der Waals surface area contributed by atoms with Gasteiger partial charge in [-0.2, -0.15) is 13.2 Å². The van der Waals surface area contributed by atoms with Gasteiger partial charge in [-0.25, -0.2) is 9.98 Å². The topological polar surface area (TPSA) is 75.3 Å². The maximum absolute atomic E-state index is 12.4. The van der Waals surface area contributed by atoms with Gasteiger partial charge in [-0.15, -0.1) is 17.0 Å². The highest BCUT2D eigenvalue weighted by Crippen LogP contribution is 2.28. The van der Waals surface area contributed by atoms with Gasteiger partial charge < -0.3 is 16.4 Å². The monoisotopic (exact) mass is 431 g/mol. The number of guanidine groups is 1. The summed E-state index contributed by atoms with van der Waals surface area (Å²) >= 11 is 0. The zero-order chi connectivity index (χ0) is 18.1. The molecule has 0 aliphatic rings. The lowest BCUT2D eigenvalue weighted by atomic mass is 10.2. The highest BCUT2D eigenvalue weighted by Gasteiger charge is 2.30. The number of anilines is 1. The first-order chi connectivity index (χ1) is 11.9. The van der Waals surface area contributed by atoms with Crippen LogP contribution < -0.4 is 16.4 Å². The standard InChI is InChI=1S/C17H20F3N5.BrH/c18-17(19,20)14-7-8-15(24-12-14)22-9-4-10-23-16(21)25-11-13-5-2-1-3-6-13;/h1-3,5-8,12H,4,9-11H2,(H,22,24)(H3,21,23,25);1H. The molecule has 4 N–H and O–H groups in total. The van der Waals surface area contributed by atoms with E-state index in [0.29, 0.717) is 37.8 Å². The summed E-state index contributed by atoms with van der Waals surface area (Å²) in [6.07, 6.45) is -2.84. The number of nitrogens with two attached hydrogens (primary N) is 1. The quantitative estimate of drug-likeness (QED) is 0.355. The summed E-state index contributed by atoms with van der Waals surface area (Å²) in [4.78, 5) is 7.97. The van der Waals surface area contributed by atoms with Crippen molar-refractivity contribution in [2.75, 3.05) is 18.4 Å². The summed E-state index contributed by atoms with van der Waals surface area (Å²) in [5, 5.41) is 5.94. The van der Waals surface area contributed by atoms with Crippen LogP contribution in [-0.4, -0.2) is 24.0 Å². The third-order valence-electron chi connectivity index (χ3n) is 3.33. The Balaban J connectivity index is 0.00000338. The third kappa shape index (κ3) is 7.73. The van der Waals surface area contributed by atoms with Crippen molar-refractivity contribution in [1.29, 1.82) is 0 Å². The summed E-state index contributed by atoms with van der Waals surface area (Å²) in [5.74, 6) is 0.759. The molecule has 142 valence electrons. The van der Waals surface area contributed by atoms with Crippen LogP contribution in [0.1, 0.15) is 17.5 Å². The third-order valence-corrected chi connectivity index (χ3v) is 3.33. The minimum Gasteiger partial charge on any atom is -0.370 e. The minimum absolute atomic E-state index is 0. The van der Waals surface area contributed by atoms with Gasteiger partial charge in [0.25, 0.3) is 0 Å². The molecule has 0 saturated heterocycles. The van der Waals surface area contributed by atoms with Crippen molar-refractivity contribution in [3.63, 3.8) is 0 Å². The molecule has 0 unspecified atom stereocenters. The fraction of sp³-hybridized carbons (Fsp3) is 0.294. The van der Waals surface area contributed by atoms with Gasteiger partial charge in [-0.3, -0.25) is 0 Å². The van der Waals surface area contributed by atoms with E-state index in [-0.39, 0.29) is 17.0 Å². The van der Waals surface area contributed by atoms with E-state index in [2.05, 4.69) is 20.6 Å². The minimum atomic E-state index is -4.37. The second kappa shape index (κ2) is 10.6. The molecule has 0 spiro atoms. The van der Waals surface area contributed by atoms with Crippen LogP contribution in [0.3, 0.4) is 0 Å². The van der Waals surface area contributed by atoms with Crippen LogP contribution in [0.15, 0.2) is 53.7 Å². The van der Waals surface area contributed by atoms with Crippen LogP contribution in [0.25, 0.3) is 0 Å². The molecular weight excluding hydrogens is 411 g/mol. The Morgan fingerprint density at radius 1 is 1.08 bits per heavy atom. The zero-order valence-electron chi connectivity index (χ0n) is 14.0. The van der Waals surface area contributed by atoms with Gasteiger partial charge in [0.1, 0.15) is 5.82 Å². The molecule has 1 heterocycles. The predicted octanol–water partition coefficient (Wildman–Crippen LogP) is 3.58. The SMILES string of the molecule is Br.NC(=NCc1ccccc1)NCCCNc1ccc(C(F)(F)F)cn1. The number of halogens is 4. The summed E-state index contributed by atoms with van der Waals surface area (Å²) in [5.41, 5.74) is 6.08. The van der Waals surface area contributed by atoms with Gasteiger partial charge in [0.2, 0.25) is 0 Å². The molecule has 1 aromatic carbocycles. The van der Waals surface area contributed by atoms with Crippen molar-refractivity contribution >= 4 is 28.8 Å². The van der Waals surface area contributed by atoms with E-state index in [0.717, 1.165) is 17.8 Å². The second-order valence-electron chi connectivity index (χ2n) is 5.32. The molecular formula is C17H21BrF3N5. The van der Waals surface area contributed by atoms with Crippen LogP contribution in [0.5, 0.6) is 0 Å². The molecule has 0 atom stereocenters. The van der Waals surface area contributed by atoms with Crippen molar-refractivity contribution < 1.29 is 13.2 Å². The number of pyridine rings is 1. The number of benzene rings is 1. The summed E-state index contributed by atoms with van der Waals surface area (Å²) in [7, 11) is 0. The molecule has 2 aromatic rings. The van der Waals surface area contributed by atoms with Crippen LogP contribution in [0.4, 0.5) is 19.0 Å². The van der Waals surface area contributed by atoms with Crippen LogP contribution in [-0.2, 0) is 12.7 Å². The van der Waals surface area contributed by atoms with Crippen molar-refractivity contribution in [3.05, 3.63) is 59.8 Å². The number of hydrogen-bond acceptors (Lipinski definition) is 3. The Morgan fingerprint density at radius 2 is 1.81 bits per heavy atom. The van der Waals surface area contributed by atoms with E-state index in [1.165, 1.54) is 6.07 Å². The number of hydrogen-bond donors (Lipinski definition) is 3. The number of nitrogens with zero attached hydrogens (tertiary/aromatic N) is 2. The molecule has 0 radical (unpaired) electrons. The maximum Gasteiger partial charge on any atom is 0.417 e. The smallest absolute Gasteiger partial charge is 0.370 e. The highest BCUT2D eigenvalue weighted by molar-refractivity contribution is 8.93. The first-order valence-corrected chi connectivity index (χ1v) is 7.80. The lowest BCUT2D eigenvalue weighted by Gasteiger charge is -2.09. The van der Waals surface area contributed by atoms with E-state index in [1.807, 2.05) is 30.3 Å². The van der Waals surface area contributed by atoms with E-state index >= 15 is 0 Å². The first-order valence-electron chi connectivity index (χ1n) is 7.80. The highest BCUT2D eigenvalue weighted by atomic mass is 79.9. The normalized spacial score (nSPS) is 11.6. The van der Waals surface area contributed by atoms with Crippen LogP contribution in [0, 0.1) is 0 Å². The predicted molar refractivity (Wildman–Crippen MR) is 102 cm³/mol. The van der Waals surface area contributed by atoms with Gasteiger partial charge in [0, 0.05) is 19.3 Å². The maximum atomic E-state index is 12.4. The molecule has 9 heteroatoms. The zero-order valence-corrected chi connectivity index (χ0v) is 15.7. The number of aromatic nitrogens is 1. The Morgan fingerprint density at radius 3 is 2.42 bits per heavy atom. The van der Waals surface area contributed by atoms with E-state index in [1.54, 1.807) is 0 Å². The molecule has 0 aliphatic carbocycles. The molecule has 5 nitrogen and oxygen atoms in total. The van der Waals surface area contributed by atoms with Gasteiger partial charge >= 0.3 is 6.18 Å². The number of nitrogens with one attached hydrogen (secondary N) is 2.